The van der Waals surface area contributed by atoms with Crippen LogP contribution in [0.4, 0.5) is 0 Å². The summed E-state index contributed by atoms with van der Waals surface area (Å²) in [5, 5.41) is 4.10. The number of hydrogen-bond donors (Lipinski definition) is 0. The molecule has 0 aliphatic carbocycles. The van der Waals surface area contributed by atoms with Crippen molar-refractivity contribution in [2.45, 2.75) is 39.2 Å². The summed E-state index contributed by atoms with van der Waals surface area (Å²) in [5.74, 6) is 2.03. The summed E-state index contributed by atoms with van der Waals surface area (Å²) in [6, 6.07) is 5.29. The zero-order valence-corrected chi connectivity index (χ0v) is 15.2. The zero-order chi connectivity index (χ0) is 18.0. The average molecular weight is 344 g/mol. The lowest BCUT2D eigenvalue weighted by Crippen LogP contribution is -2.31. The first kappa shape index (κ1) is 17.3. The minimum absolute atomic E-state index is 0.00824. The quantitative estimate of drug-likeness (QED) is 0.830. The van der Waals surface area contributed by atoms with Crippen LogP contribution in [0.15, 0.2) is 22.7 Å². The van der Waals surface area contributed by atoms with E-state index in [-0.39, 0.29) is 11.9 Å². The van der Waals surface area contributed by atoms with E-state index in [1.54, 1.807) is 32.4 Å². The number of nitrogens with zero attached hydrogens (tertiary/aromatic N) is 2. The van der Waals surface area contributed by atoms with Crippen molar-refractivity contribution in [3.8, 4) is 11.5 Å². The van der Waals surface area contributed by atoms with Crippen molar-refractivity contribution in [3.63, 3.8) is 0 Å². The molecular formula is C19H24N2O4. The van der Waals surface area contributed by atoms with Crippen LogP contribution >= 0.6 is 0 Å². The number of ether oxygens (including phenoxy) is 2. The van der Waals surface area contributed by atoms with E-state index in [2.05, 4.69) is 5.16 Å². The Morgan fingerprint density at radius 3 is 2.76 bits per heavy atom. The first-order valence-electron chi connectivity index (χ1n) is 8.58. The fourth-order valence-electron chi connectivity index (χ4n) is 3.55. The van der Waals surface area contributed by atoms with Gasteiger partial charge in [-0.2, -0.15) is 0 Å². The Bertz CT molecular complexity index is 769. The van der Waals surface area contributed by atoms with E-state index >= 15 is 0 Å². The highest BCUT2D eigenvalue weighted by molar-refractivity contribution is 5.95. The normalized spacial score (nSPS) is 17.0. The second kappa shape index (κ2) is 7.17. The molecule has 1 unspecified atom stereocenters. The van der Waals surface area contributed by atoms with Crippen LogP contribution in [-0.4, -0.2) is 36.7 Å². The maximum Gasteiger partial charge on any atom is 0.254 e. The van der Waals surface area contributed by atoms with Crippen molar-refractivity contribution in [2.24, 2.45) is 0 Å². The van der Waals surface area contributed by atoms with Gasteiger partial charge in [0.15, 0.2) is 11.5 Å². The van der Waals surface area contributed by atoms with Crippen LogP contribution < -0.4 is 9.47 Å². The Hall–Kier alpha value is -2.50. The molecule has 1 fully saturated rings. The Labute approximate surface area is 147 Å². The molecule has 2 heterocycles. The monoisotopic (exact) mass is 344 g/mol. The van der Waals surface area contributed by atoms with Crippen molar-refractivity contribution in [1.82, 2.24) is 10.1 Å². The second-order valence-corrected chi connectivity index (χ2v) is 6.18. The number of carbonyl (C=O) groups excluding carboxylic acids is 1. The summed E-state index contributed by atoms with van der Waals surface area (Å²) in [6.07, 6.45) is 2.66. The average Bonchev–Trinajstić information content (AvgIpc) is 3.26. The number of aromatic nitrogens is 1. The van der Waals surface area contributed by atoms with Gasteiger partial charge in [-0.25, -0.2) is 0 Å². The van der Waals surface area contributed by atoms with E-state index in [0.29, 0.717) is 17.1 Å². The Kier molecular flexibility index (Phi) is 4.97. The lowest BCUT2D eigenvalue weighted by molar-refractivity contribution is 0.0734. The Morgan fingerprint density at radius 2 is 2.08 bits per heavy atom. The summed E-state index contributed by atoms with van der Waals surface area (Å²) >= 11 is 0. The van der Waals surface area contributed by atoms with E-state index < -0.39 is 0 Å². The topological polar surface area (TPSA) is 64.8 Å². The zero-order valence-electron chi connectivity index (χ0n) is 15.2. The number of aryl methyl sites for hydroxylation is 2. The van der Waals surface area contributed by atoms with E-state index in [0.717, 1.165) is 42.8 Å². The minimum Gasteiger partial charge on any atom is -0.493 e. The molecule has 0 bridgehead atoms. The second-order valence-electron chi connectivity index (χ2n) is 6.18. The van der Waals surface area contributed by atoms with Gasteiger partial charge in [0.1, 0.15) is 5.76 Å². The molecule has 2 aromatic rings. The van der Waals surface area contributed by atoms with Crippen LogP contribution in [0.1, 0.15) is 53.2 Å². The molecule has 134 valence electrons. The van der Waals surface area contributed by atoms with Crippen LogP contribution in [0.25, 0.3) is 0 Å². The highest BCUT2D eigenvalue weighted by Crippen LogP contribution is 2.37. The van der Waals surface area contributed by atoms with Crippen LogP contribution in [-0.2, 0) is 6.42 Å². The third kappa shape index (κ3) is 3.08. The lowest BCUT2D eigenvalue weighted by atomic mass is 10.0. The predicted octanol–water partition coefficient (Wildman–Crippen LogP) is 3.54. The lowest BCUT2D eigenvalue weighted by Gasteiger charge is -2.25. The number of benzene rings is 1. The summed E-state index contributed by atoms with van der Waals surface area (Å²) in [5.41, 5.74) is 2.53. The molecule has 0 radical (unpaired) electrons. The first-order chi connectivity index (χ1) is 12.1. The van der Waals surface area contributed by atoms with Gasteiger partial charge in [-0.1, -0.05) is 12.1 Å². The van der Waals surface area contributed by atoms with E-state index in [1.165, 1.54) is 0 Å². The van der Waals surface area contributed by atoms with Gasteiger partial charge >= 0.3 is 0 Å². The molecule has 1 saturated heterocycles. The molecule has 0 saturated carbocycles. The molecule has 3 rings (SSSR count). The van der Waals surface area contributed by atoms with Crippen LogP contribution in [0, 0.1) is 6.92 Å². The third-order valence-corrected chi connectivity index (χ3v) is 4.78. The SMILES string of the molecule is CCc1onc(C)c1C1CCCN1C(=O)c1ccc(OC)c(OC)c1. The maximum absolute atomic E-state index is 13.1. The molecule has 1 aliphatic rings. The van der Waals surface area contributed by atoms with Gasteiger partial charge in [0, 0.05) is 24.1 Å². The molecule has 1 amide bonds. The number of amides is 1. The van der Waals surface area contributed by atoms with Gasteiger partial charge in [0.05, 0.1) is 26.0 Å². The van der Waals surface area contributed by atoms with Gasteiger partial charge < -0.3 is 18.9 Å². The van der Waals surface area contributed by atoms with E-state index in [1.807, 2.05) is 18.7 Å². The summed E-state index contributed by atoms with van der Waals surface area (Å²) in [4.78, 5) is 15.0. The summed E-state index contributed by atoms with van der Waals surface area (Å²) in [7, 11) is 3.15. The van der Waals surface area contributed by atoms with Crippen molar-refractivity contribution in [3.05, 3.63) is 40.8 Å². The standard InChI is InChI=1S/C19H24N2O4/c1-5-15-18(12(2)20-25-15)14-7-6-10-21(14)19(22)13-8-9-16(23-3)17(11-13)24-4/h8-9,11,14H,5-7,10H2,1-4H3. The molecule has 1 atom stereocenters. The molecule has 0 N–H and O–H groups in total. The number of hydrogen-bond acceptors (Lipinski definition) is 5. The Balaban J connectivity index is 1.92. The Morgan fingerprint density at radius 1 is 1.32 bits per heavy atom. The number of rotatable bonds is 5. The molecule has 1 aliphatic heterocycles. The maximum atomic E-state index is 13.1. The third-order valence-electron chi connectivity index (χ3n) is 4.78. The van der Waals surface area contributed by atoms with Crippen molar-refractivity contribution < 1.29 is 18.8 Å². The van der Waals surface area contributed by atoms with Crippen LogP contribution in [0.3, 0.4) is 0 Å². The van der Waals surface area contributed by atoms with Gasteiger partial charge in [-0.15, -0.1) is 0 Å². The molecule has 1 aromatic heterocycles. The van der Waals surface area contributed by atoms with E-state index in [4.69, 9.17) is 14.0 Å². The van der Waals surface area contributed by atoms with Gasteiger partial charge in [-0.05, 0) is 38.0 Å². The van der Waals surface area contributed by atoms with Gasteiger partial charge in [-0.3, -0.25) is 4.79 Å². The highest BCUT2D eigenvalue weighted by Gasteiger charge is 2.34. The molecule has 25 heavy (non-hydrogen) atoms. The molecule has 0 spiro atoms. The number of likely N-dealkylation sites (tertiary alicyclic amines) is 1. The van der Waals surface area contributed by atoms with E-state index in [9.17, 15) is 4.79 Å². The predicted molar refractivity (Wildman–Crippen MR) is 93.2 cm³/mol. The summed E-state index contributed by atoms with van der Waals surface area (Å²) < 4.78 is 16.0. The number of methoxy groups -OCH3 is 2. The van der Waals surface area contributed by atoms with Crippen molar-refractivity contribution in [1.29, 1.82) is 0 Å². The molecule has 6 nitrogen and oxygen atoms in total. The summed E-state index contributed by atoms with van der Waals surface area (Å²) in [6.45, 7) is 4.71. The first-order valence-corrected chi connectivity index (χ1v) is 8.58. The highest BCUT2D eigenvalue weighted by atomic mass is 16.5. The van der Waals surface area contributed by atoms with Gasteiger partial charge in [0.2, 0.25) is 0 Å². The largest absolute Gasteiger partial charge is 0.493 e. The minimum atomic E-state index is -0.00824. The fraction of sp³-hybridized carbons (Fsp3) is 0.474. The molecular weight excluding hydrogens is 320 g/mol. The molecule has 6 heteroatoms. The number of carbonyl (C=O) groups is 1. The van der Waals surface area contributed by atoms with Crippen LogP contribution in [0.2, 0.25) is 0 Å². The fourth-order valence-corrected chi connectivity index (χ4v) is 3.55. The van der Waals surface area contributed by atoms with Crippen molar-refractivity contribution in [2.75, 3.05) is 20.8 Å². The van der Waals surface area contributed by atoms with Gasteiger partial charge in [0.25, 0.3) is 5.91 Å². The molecule has 1 aromatic carbocycles. The van der Waals surface area contributed by atoms with Crippen molar-refractivity contribution >= 4 is 5.91 Å². The smallest absolute Gasteiger partial charge is 0.254 e. The van der Waals surface area contributed by atoms with Crippen LogP contribution in [0.5, 0.6) is 11.5 Å².